The molecule has 0 N–H and O–H groups in total. The number of fused-ring (bicyclic) bond motifs is 1. The molecule has 0 radical (unpaired) electrons. The summed E-state index contributed by atoms with van der Waals surface area (Å²) in [5, 5.41) is 0. The van der Waals surface area contributed by atoms with Gasteiger partial charge in [0.15, 0.2) is 5.58 Å². The van der Waals surface area contributed by atoms with Gasteiger partial charge in [0.05, 0.1) is 12.7 Å². The van der Waals surface area contributed by atoms with Crippen molar-refractivity contribution < 1.29 is 9.15 Å². The molecular formula is C16H15NO2. The van der Waals surface area contributed by atoms with E-state index in [1.807, 2.05) is 50.2 Å². The lowest BCUT2D eigenvalue weighted by Gasteiger charge is -2.05. The van der Waals surface area contributed by atoms with E-state index in [1.165, 1.54) is 5.56 Å². The smallest absolute Gasteiger partial charge is 0.231 e. The van der Waals surface area contributed by atoms with Crippen LogP contribution in [-0.2, 0) is 0 Å². The molecule has 3 heteroatoms. The van der Waals surface area contributed by atoms with Crippen molar-refractivity contribution in [3.63, 3.8) is 0 Å². The molecule has 1 aromatic heterocycles. The number of methoxy groups -OCH3 is 1. The van der Waals surface area contributed by atoms with Crippen LogP contribution in [0.1, 0.15) is 11.1 Å². The standard InChI is InChI=1S/C16H15NO2/c1-10-4-6-14(18-3)12(8-10)16-17-13-9-11(2)5-7-15(13)19-16/h4-9H,1-3H3. The van der Waals surface area contributed by atoms with Crippen molar-refractivity contribution in [2.75, 3.05) is 7.11 Å². The monoisotopic (exact) mass is 253 g/mol. The number of hydrogen-bond donors (Lipinski definition) is 0. The Balaban J connectivity index is 2.21. The van der Waals surface area contributed by atoms with Gasteiger partial charge in [-0.1, -0.05) is 17.7 Å². The van der Waals surface area contributed by atoms with Crippen LogP contribution in [0.25, 0.3) is 22.6 Å². The van der Waals surface area contributed by atoms with Crippen molar-refractivity contribution in [3.05, 3.63) is 47.5 Å². The molecule has 96 valence electrons. The molecule has 0 saturated carbocycles. The van der Waals surface area contributed by atoms with E-state index in [-0.39, 0.29) is 0 Å². The predicted octanol–water partition coefficient (Wildman–Crippen LogP) is 4.12. The average molecular weight is 253 g/mol. The van der Waals surface area contributed by atoms with E-state index in [0.717, 1.165) is 28.0 Å². The highest BCUT2D eigenvalue weighted by Crippen LogP contribution is 2.32. The maximum atomic E-state index is 5.82. The number of oxazole rings is 1. The van der Waals surface area contributed by atoms with Gasteiger partial charge in [0.1, 0.15) is 11.3 Å². The summed E-state index contributed by atoms with van der Waals surface area (Å²) in [7, 11) is 1.65. The van der Waals surface area contributed by atoms with Gasteiger partial charge in [-0.25, -0.2) is 4.98 Å². The van der Waals surface area contributed by atoms with Gasteiger partial charge in [-0.3, -0.25) is 0 Å². The molecular weight excluding hydrogens is 238 g/mol. The summed E-state index contributed by atoms with van der Waals surface area (Å²) in [6.45, 7) is 4.08. The van der Waals surface area contributed by atoms with Crippen LogP contribution >= 0.6 is 0 Å². The summed E-state index contributed by atoms with van der Waals surface area (Å²) in [5.41, 5.74) is 4.87. The fourth-order valence-electron chi connectivity index (χ4n) is 2.14. The highest BCUT2D eigenvalue weighted by Gasteiger charge is 2.13. The first-order valence-electron chi connectivity index (χ1n) is 6.19. The topological polar surface area (TPSA) is 35.3 Å². The van der Waals surface area contributed by atoms with E-state index in [0.29, 0.717) is 5.89 Å². The second-order valence-electron chi connectivity index (χ2n) is 4.69. The van der Waals surface area contributed by atoms with Crippen molar-refractivity contribution in [2.45, 2.75) is 13.8 Å². The summed E-state index contributed by atoms with van der Waals surface area (Å²) in [6, 6.07) is 12.0. The zero-order valence-corrected chi connectivity index (χ0v) is 11.2. The van der Waals surface area contributed by atoms with Crippen molar-refractivity contribution in [1.82, 2.24) is 4.98 Å². The van der Waals surface area contributed by atoms with Crippen molar-refractivity contribution in [3.8, 4) is 17.2 Å². The molecule has 0 atom stereocenters. The van der Waals surface area contributed by atoms with Gasteiger partial charge in [0, 0.05) is 0 Å². The van der Waals surface area contributed by atoms with Crippen LogP contribution in [0.2, 0.25) is 0 Å². The lowest BCUT2D eigenvalue weighted by Crippen LogP contribution is -1.88. The second-order valence-corrected chi connectivity index (χ2v) is 4.69. The van der Waals surface area contributed by atoms with E-state index >= 15 is 0 Å². The molecule has 0 saturated heterocycles. The Bertz CT molecular complexity index is 744. The van der Waals surface area contributed by atoms with Gasteiger partial charge in [-0.15, -0.1) is 0 Å². The number of nitrogens with zero attached hydrogens (tertiary/aromatic N) is 1. The fourth-order valence-corrected chi connectivity index (χ4v) is 2.14. The first-order chi connectivity index (χ1) is 9.17. The van der Waals surface area contributed by atoms with Crippen molar-refractivity contribution >= 4 is 11.1 Å². The molecule has 0 unspecified atom stereocenters. The Hall–Kier alpha value is -2.29. The first kappa shape index (κ1) is 11.8. The minimum absolute atomic E-state index is 0.598. The van der Waals surface area contributed by atoms with Gasteiger partial charge < -0.3 is 9.15 Å². The first-order valence-corrected chi connectivity index (χ1v) is 6.19. The van der Waals surface area contributed by atoms with Crippen LogP contribution in [0, 0.1) is 13.8 Å². The molecule has 0 bridgehead atoms. The normalized spacial score (nSPS) is 10.9. The second kappa shape index (κ2) is 4.43. The molecule has 0 fully saturated rings. The highest BCUT2D eigenvalue weighted by atomic mass is 16.5. The molecule has 1 heterocycles. The molecule has 0 spiro atoms. The van der Waals surface area contributed by atoms with Gasteiger partial charge in [-0.2, -0.15) is 0 Å². The molecule has 0 aliphatic carbocycles. The van der Waals surface area contributed by atoms with Crippen LogP contribution in [0.4, 0.5) is 0 Å². The van der Waals surface area contributed by atoms with Crippen molar-refractivity contribution in [1.29, 1.82) is 0 Å². The van der Waals surface area contributed by atoms with E-state index in [1.54, 1.807) is 7.11 Å². The minimum Gasteiger partial charge on any atom is -0.496 e. The van der Waals surface area contributed by atoms with Crippen LogP contribution < -0.4 is 4.74 Å². The van der Waals surface area contributed by atoms with E-state index < -0.39 is 0 Å². The van der Waals surface area contributed by atoms with Crippen LogP contribution in [0.3, 0.4) is 0 Å². The van der Waals surface area contributed by atoms with E-state index in [4.69, 9.17) is 9.15 Å². The van der Waals surface area contributed by atoms with Gasteiger partial charge in [0.25, 0.3) is 0 Å². The molecule has 0 amide bonds. The molecule has 3 aromatic rings. The third kappa shape index (κ3) is 2.08. The van der Waals surface area contributed by atoms with Gasteiger partial charge in [0.2, 0.25) is 5.89 Å². The summed E-state index contributed by atoms with van der Waals surface area (Å²) in [5.74, 6) is 1.37. The molecule has 0 aliphatic heterocycles. The Morgan fingerprint density at radius 1 is 1.00 bits per heavy atom. The summed E-state index contributed by atoms with van der Waals surface area (Å²) < 4.78 is 11.2. The number of aryl methyl sites for hydroxylation is 2. The zero-order valence-electron chi connectivity index (χ0n) is 11.2. The quantitative estimate of drug-likeness (QED) is 0.689. The Labute approximate surface area is 111 Å². The average Bonchev–Trinajstić information content (AvgIpc) is 2.81. The minimum atomic E-state index is 0.598. The molecule has 19 heavy (non-hydrogen) atoms. The third-order valence-electron chi connectivity index (χ3n) is 3.13. The summed E-state index contributed by atoms with van der Waals surface area (Å²) in [4.78, 5) is 4.55. The fraction of sp³-hybridized carbons (Fsp3) is 0.188. The number of aromatic nitrogens is 1. The number of benzene rings is 2. The summed E-state index contributed by atoms with van der Waals surface area (Å²) in [6.07, 6.45) is 0. The van der Waals surface area contributed by atoms with Crippen LogP contribution in [0.15, 0.2) is 40.8 Å². The number of hydrogen-bond acceptors (Lipinski definition) is 3. The Morgan fingerprint density at radius 3 is 2.53 bits per heavy atom. The van der Waals surface area contributed by atoms with Crippen LogP contribution in [-0.4, -0.2) is 12.1 Å². The van der Waals surface area contributed by atoms with E-state index in [9.17, 15) is 0 Å². The van der Waals surface area contributed by atoms with Crippen LogP contribution in [0.5, 0.6) is 5.75 Å². The number of rotatable bonds is 2. The Morgan fingerprint density at radius 2 is 1.74 bits per heavy atom. The largest absolute Gasteiger partial charge is 0.496 e. The zero-order chi connectivity index (χ0) is 13.4. The molecule has 0 aliphatic rings. The predicted molar refractivity (Wildman–Crippen MR) is 75.5 cm³/mol. The number of ether oxygens (including phenoxy) is 1. The molecule has 3 rings (SSSR count). The maximum absolute atomic E-state index is 5.82. The molecule has 2 aromatic carbocycles. The lowest BCUT2D eigenvalue weighted by molar-refractivity contribution is 0.414. The van der Waals surface area contributed by atoms with Gasteiger partial charge in [-0.05, 0) is 43.7 Å². The van der Waals surface area contributed by atoms with E-state index in [2.05, 4.69) is 4.98 Å². The lowest BCUT2D eigenvalue weighted by atomic mass is 10.1. The third-order valence-corrected chi connectivity index (χ3v) is 3.13. The maximum Gasteiger partial charge on any atom is 0.231 e. The Kier molecular flexibility index (Phi) is 2.75. The SMILES string of the molecule is COc1ccc(C)cc1-c1nc2cc(C)ccc2o1. The summed E-state index contributed by atoms with van der Waals surface area (Å²) >= 11 is 0. The van der Waals surface area contributed by atoms with Crippen molar-refractivity contribution in [2.24, 2.45) is 0 Å². The van der Waals surface area contributed by atoms with Gasteiger partial charge >= 0.3 is 0 Å². The highest BCUT2D eigenvalue weighted by molar-refractivity contribution is 5.78. The molecule has 3 nitrogen and oxygen atoms in total.